The van der Waals surface area contributed by atoms with E-state index in [0.29, 0.717) is 42.3 Å². The SMILES string of the molecule is COCCCN(CC(=O)NCC(=O)Nc1ccc(C)cc1)C(=O)c1cc(OC)cc(OC)c1. The Bertz CT molecular complexity index is 923. The molecule has 0 atom stereocenters. The molecule has 0 aromatic heterocycles. The summed E-state index contributed by atoms with van der Waals surface area (Å²) >= 11 is 0. The van der Waals surface area contributed by atoms with E-state index in [1.54, 1.807) is 37.4 Å². The Kier molecular flexibility index (Phi) is 10.2. The minimum Gasteiger partial charge on any atom is -0.497 e. The molecule has 0 aliphatic rings. The maximum absolute atomic E-state index is 13.1. The van der Waals surface area contributed by atoms with Crippen molar-refractivity contribution in [3.8, 4) is 11.5 Å². The van der Waals surface area contributed by atoms with E-state index >= 15 is 0 Å². The number of ether oxygens (including phenoxy) is 3. The van der Waals surface area contributed by atoms with Gasteiger partial charge < -0.3 is 29.7 Å². The van der Waals surface area contributed by atoms with Crippen LogP contribution in [0, 0.1) is 6.92 Å². The molecule has 3 amide bonds. The van der Waals surface area contributed by atoms with Gasteiger partial charge in [-0.05, 0) is 37.6 Å². The first-order valence-corrected chi connectivity index (χ1v) is 10.5. The van der Waals surface area contributed by atoms with Crippen LogP contribution in [0.5, 0.6) is 11.5 Å². The molecule has 2 aromatic carbocycles. The van der Waals surface area contributed by atoms with E-state index < -0.39 is 5.91 Å². The van der Waals surface area contributed by atoms with E-state index in [1.165, 1.54) is 19.1 Å². The van der Waals surface area contributed by atoms with Gasteiger partial charge in [0.15, 0.2) is 0 Å². The summed E-state index contributed by atoms with van der Waals surface area (Å²) in [5.74, 6) is -0.238. The third-order valence-electron chi connectivity index (χ3n) is 4.78. The van der Waals surface area contributed by atoms with Crippen LogP contribution in [-0.4, -0.2) is 70.2 Å². The normalized spacial score (nSPS) is 10.3. The Balaban J connectivity index is 2.01. The highest BCUT2D eigenvalue weighted by Crippen LogP contribution is 2.23. The molecular weight excluding hydrogens is 426 g/mol. The van der Waals surface area contributed by atoms with E-state index in [-0.39, 0.29) is 24.9 Å². The van der Waals surface area contributed by atoms with E-state index in [1.807, 2.05) is 19.1 Å². The molecule has 9 heteroatoms. The molecule has 2 aromatic rings. The van der Waals surface area contributed by atoms with Crippen molar-refractivity contribution in [3.05, 3.63) is 53.6 Å². The number of carbonyl (C=O) groups is 3. The van der Waals surface area contributed by atoms with Crippen LogP contribution in [0.4, 0.5) is 5.69 Å². The van der Waals surface area contributed by atoms with Gasteiger partial charge in [-0.1, -0.05) is 17.7 Å². The van der Waals surface area contributed by atoms with Crippen molar-refractivity contribution >= 4 is 23.4 Å². The highest BCUT2D eigenvalue weighted by atomic mass is 16.5. The lowest BCUT2D eigenvalue weighted by Crippen LogP contribution is -2.43. The number of rotatable bonds is 12. The molecule has 9 nitrogen and oxygen atoms in total. The molecule has 0 unspecified atom stereocenters. The van der Waals surface area contributed by atoms with Crippen molar-refractivity contribution in [2.45, 2.75) is 13.3 Å². The molecule has 2 N–H and O–H groups in total. The van der Waals surface area contributed by atoms with Gasteiger partial charge in [0.25, 0.3) is 5.91 Å². The van der Waals surface area contributed by atoms with E-state index in [2.05, 4.69) is 10.6 Å². The minimum atomic E-state index is -0.449. The second-order valence-electron chi connectivity index (χ2n) is 7.37. The van der Waals surface area contributed by atoms with Crippen molar-refractivity contribution in [1.29, 1.82) is 0 Å². The molecule has 2 rings (SSSR count). The fourth-order valence-electron chi connectivity index (χ4n) is 3.02. The Morgan fingerprint density at radius 3 is 2.12 bits per heavy atom. The smallest absolute Gasteiger partial charge is 0.254 e. The minimum absolute atomic E-state index is 0.208. The van der Waals surface area contributed by atoms with Gasteiger partial charge in [-0.15, -0.1) is 0 Å². The highest BCUT2D eigenvalue weighted by molar-refractivity contribution is 5.98. The number of nitrogens with one attached hydrogen (secondary N) is 2. The van der Waals surface area contributed by atoms with E-state index in [9.17, 15) is 14.4 Å². The Morgan fingerprint density at radius 2 is 1.55 bits per heavy atom. The molecule has 0 spiro atoms. The number of nitrogens with zero attached hydrogens (tertiary/aromatic N) is 1. The number of hydrogen-bond donors (Lipinski definition) is 2. The number of methoxy groups -OCH3 is 3. The third kappa shape index (κ3) is 8.46. The van der Waals surface area contributed by atoms with Crippen LogP contribution in [0.1, 0.15) is 22.3 Å². The highest BCUT2D eigenvalue weighted by Gasteiger charge is 2.20. The Morgan fingerprint density at radius 1 is 0.909 bits per heavy atom. The van der Waals surface area contributed by atoms with Gasteiger partial charge in [0, 0.05) is 37.6 Å². The Labute approximate surface area is 194 Å². The number of aryl methyl sites for hydroxylation is 1. The summed E-state index contributed by atoms with van der Waals surface area (Å²) in [5, 5.41) is 5.28. The molecule has 0 bridgehead atoms. The number of hydrogen-bond acceptors (Lipinski definition) is 6. The van der Waals surface area contributed by atoms with Gasteiger partial charge in [0.1, 0.15) is 11.5 Å². The van der Waals surface area contributed by atoms with Gasteiger partial charge >= 0.3 is 0 Å². The first-order valence-electron chi connectivity index (χ1n) is 10.5. The summed E-state index contributed by atoms with van der Waals surface area (Å²) in [6.07, 6.45) is 0.546. The second-order valence-corrected chi connectivity index (χ2v) is 7.37. The van der Waals surface area contributed by atoms with Crippen LogP contribution in [0.2, 0.25) is 0 Å². The third-order valence-corrected chi connectivity index (χ3v) is 4.78. The van der Waals surface area contributed by atoms with Crippen LogP contribution >= 0.6 is 0 Å². The average molecular weight is 458 g/mol. The number of anilines is 1. The summed E-state index contributed by atoms with van der Waals surface area (Å²) in [6, 6.07) is 12.2. The second kappa shape index (κ2) is 13.1. The van der Waals surface area contributed by atoms with Crippen LogP contribution in [-0.2, 0) is 14.3 Å². The fourth-order valence-corrected chi connectivity index (χ4v) is 3.02. The van der Waals surface area contributed by atoms with Crippen molar-refractivity contribution in [2.75, 3.05) is 52.9 Å². The molecule has 0 heterocycles. The topological polar surface area (TPSA) is 106 Å². The summed E-state index contributed by atoms with van der Waals surface area (Å²) in [6.45, 7) is 2.27. The van der Waals surface area contributed by atoms with E-state index in [4.69, 9.17) is 14.2 Å². The van der Waals surface area contributed by atoms with Gasteiger partial charge in [-0.25, -0.2) is 0 Å². The number of carbonyl (C=O) groups excluding carboxylic acids is 3. The molecular formula is C24H31N3O6. The number of amides is 3. The molecule has 33 heavy (non-hydrogen) atoms. The van der Waals surface area contributed by atoms with Crippen LogP contribution < -0.4 is 20.1 Å². The summed E-state index contributed by atoms with van der Waals surface area (Å²) in [7, 11) is 4.56. The zero-order chi connectivity index (χ0) is 24.2. The maximum atomic E-state index is 13.1. The lowest BCUT2D eigenvalue weighted by atomic mass is 10.1. The van der Waals surface area contributed by atoms with Crippen molar-refractivity contribution in [2.24, 2.45) is 0 Å². The monoisotopic (exact) mass is 457 g/mol. The summed E-state index contributed by atoms with van der Waals surface area (Å²) in [5.41, 5.74) is 2.05. The first kappa shape index (κ1) is 25.7. The predicted molar refractivity (Wildman–Crippen MR) is 125 cm³/mol. The molecule has 0 saturated heterocycles. The molecule has 0 saturated carbocycles. The average Bonchev–Trinajstić information content (AvgIpc) is 2.82. The molecule has 0 fully saturated rings. The molecule has 0 radical (unpaired) electrons. The predicted octanol–water partition coefficient (Wildman–Crippen LogP) is 2.25. The summed E-state index contributed by atoms with van der Waals surface area (Å²) < 4.78 is 15.5. The molecule has 0 aliphatic carbocycles. The van der Waals surface area contributed by atoms with Crippen molar-refractivity contribution in [3.63, 3.8) is 0 Å². The zero-order valence-corrected chi connectivity index (χ0v) is 19.5. The van der Waals surface area contributed by atoms with Crippen molar-refractivity contribution in [1.82, 2.24) is 10.2 Å². The number of benzene rings is 2. The fraction of sp³-hybridized carbons (Fsp3) is 0.375. The van der Waals surface area contributed by atoms with E-state index in [0.717, 1.165) is 5.56 Å². The molecule has 0 aliphatic heterocycles. The van der Waals surface area contributed by atoms with Crippen LogP contribution in [0.3, 0.4) is 0 Å². The van der Waals surface area contributed by atoms with Gasteiger partial charge in [0.05, 0.1) is 27.3 Å². The quantitative estimate of drug-likeness (QED) is 0.474. The largest absolute Gasteiger partial charge is 0.497 e. The molecule has 178 valence electrons. The van der Waals surface area contributed by atoms with Gasteiger partial charge in [-0.3, -0.25) is 14.4 Å². The van der Waals surface area contributed by atoms with Crippen LogP contribution in [0.25, 0.3) is 0 Å². The lowest BCUT2D eigenvalue weighted by molar-refractivity contribution is -0.124. The Hall–Kier alpha value is -3.59. The van der Waals surface area contributed by atoms with Crippen molar-refractivity contribution < 1.29 is 28.6 Å². The van der Waals surface area contributed by atoms with Gasteiger partial charge in [-0.2, -0.15) is 0 Å². The lowest BCUT2D eigenvalue weighted by Gasteiger charge is -2.22. The maximum Gasteiger partial charge on any atom is 0.254 e. The summed E-state index contributed by atoms with van der Waals surface area (Å²) in [4.78, 5) is 39.2. The van der Waals surface area contributed by atoms with Gasteiger partial charge in [0.2, 0.25) is 11.8 Å². The standard InChI is InChI=1S/C24H31N3O6/c1-17-6-8-19(9-7-17)26-22(28)15-25-23(29)16-27(10-5-11-31-2)24(30)18-12-20(32-3)14-21(13-18)33-4/h6-9,12-14H,5,10-11,15-16H2,1-4H3,(H,25,29)(H,26,28). The van der Waals surface area contributed by atoms with Crippen LogP contribution in [0.15, 0.2) is 42.5 Å². The zero-order valence-electron chi connectivity index (χ0n) is 19.5. The first-order chi connectivity index (χ1) is 15.9.